The van der Waals surface area contributed by atoms with Crippen LogP contribution in [0, 0.1) is 0 Å². The Labute approximate surface area is 204 Å². The molecule has 0 aromatic carbocycles. The zero-order valence-corrected chi connectivity index (χ0v) is 18.0. The van der Waals surface area contributed by atoms with E-state index in [0.717, 1.165) is 6.92 Å². The summed E-state index contributed by atoms with van der Waals surface area (Å²) in [7, 11) is 0. The van der Waals surface area contributed by atoms with Crippen molar-refractivity contribution in [1.82, 2.24) is 0 Å². The summed E-state index contributed by atoms with van der Waals surface area (Å²) in [5.74, 6) is -76.9. The van der Waals surface area contributed by atoms with Crippen molar-refractivity contribution in [3.05, 3.63) is 0 Å². The number of esters is 2. The first-order chi connectivity index (χ1) is 17.1. The maximum atomic E-state index is 13.6. The minimum absolute atomic E-state index is 0.690. The van der Waals surface area contributed by atoms with Crippen LogP contribution < -0.4 is 0 Å². The Hall–Kier alpha value is -2.53. The van der Waals surface area contributed by atoms with Crippen LogP contribution in [0.1, 0.15) is 13.3 Å². The number of hydrogen-bond acceptors (Lipinski definition) is 4. The second-order valence-electron chi connectivity index (χ2n) is 7.07. The first-order valence-electron chi connectivity index (χ1n) is 8.94. The van der Waals surface area contributed by atoms with Crippen LogP contribution in [0.3, 0.4) is 0 Å². The molecule has 0 aliphatic rings. The normalized spacial score (nSPS) is 15.7. The molecule has 0 fully saturated rings. The fourth-order valence-corrected chi connectivity index (χ4v) is 2.12. The van der Waals surface area contributed by atoms with Gasteiger partial charge in [0.1, 0.15) is 6.42 Å². The number of ether oxygens (including phenoxy) is 2. The molecule has 0 heterocycles. The number of halogens is 21. The van der Waals surface area contributed by atoms with Crippen molar-refractivity contribution >= 4 is 11.9 Å². The molecule has 0 aromatic heterocycles. The summed E-state index contributed by atoms with van der Waals surface area (Å²) in [6, 6.07) is 0. The second kappa shape index (κ2) is 10.1. The van der Waals surface area contributed by atoms with Gasteiger partial charge in [-0.3, -0.25) is 9.59 Å². The Morgan fingerprint density at radius 2 is 0.725 bits per heavy atom. The van der Waals surface area contributed by atoms with Crippen molar-refractivity contribution in [3.63, 3.8) is 0 Å². The lowest BCUT2D eigenvalue weighted by molar-refractivity contribution is -0.482. The van der Waals surface area contributed by atoms with Gasteiger partial charge in [0.15, 0.2) is 0 Å². The topological polar surface area (TPSA) is 52.6 Å². The molecule has 40 heavy (non-hydrogen) atoms. The van der Waals surface area contributed by atoms with E-state index in [0.29, 0.717) is 0 Å². The van der Waals surface area contributed by atoms with Crippen LogP contribution in [-0.2, 0) is 19.1 Å². The molecule has 0 radical (unpaired) electrons. The Morgan fingerprint density at radius 1 is 0.450 bits per heavy atom. The summed E-state index contributed by atoms with van der Waals surface area (Å²) in [4.78, 5) is 21.8. The third-order valence-electron chi connectivity index (χ3n) is 4.32. The van der Waals surface area contributed by atoms with E-state index >= 15 is 0 Å². The monoisotopic (exact) mass is 650 g/mol. The molecule has 238 valence electrons. The van der Waals surface area contributed by atoms with Gasteiger partial charge in [-0.1, -0.05) is 0 Å². The zero-order chi connectivity index (χ0) is 33.0. The molecule has 0 amide bonds. The highest BCUT2D eigenvalue weighted by molar-refractivity contribution is 5.91. The number of alkyl halides is 21. The smallest absolute Gasteiger partial charge is 0.466 e. The largest absolute Gasteiger partial charge is 0.473 e. The van der Waals surface area contributed by atoms with Crippen LogP contribution in [0.15, 0.2) is 0 Å². The number of rotatable bonds is 12. The van der Waals surface area contributed by atoms with E-state index in [4.69, 9.17) is 0 Å². The van der Waals surface area contributed by atoms with Crippen LogP contribution in [0.2, 0.25) is 0 Å². The molecular formula is C15H7F21O4. The molecule has 0 saturated carbocycles. The lowest BCUT2D eigenvalue weighted by atomic mass is 9.87. The van der Waals surface area contributed by atoms with Gasteiger partial charge < -0.3 is 9.47 Å². The Kier molecular flexibility index (Phi) is 9.44. The van der Waals surface area contributed by atoms with Crippen molar-refractivity contribution in [2.75, 3.05) is 6.61 Å². The maximum absolute atomic E-state index is 13.6. The second-order valence-corrected chi connectivity index (χ2v) is 7.07. The Bertz CT molecular complexity index is 950. The van der Waals surface area contributed by atoms with Crippen molar-refractivity contribution in [2.24, 2.45) is 0 Å². The molecule has 0 aliphatic carbocycles. The highest BCUT2D eigenvalue weighted by atomic mass is 19.4. The van der Waals surface area contributed by atoms with Crippen molar-refractivity contribution in [3.8, 4) is 0 Å². The minimum Gasteiger partial charge on any atom is -0.466 e. The summed E-state index contributed by atoms with van der Waals surface area (Å²) < 4.78 is 283. The van der Waals surface area contributed by atoms with E-state index in [9.17, 15) is 102 Å². The predicted octanol–water partition coefficient (Wildman–Crippen LogP) is 6.72. The first-order valence-corrected chi connectivity index (χ1v) is 8.94. The van der Waals surface area contributed by atoms with E-state index < -0.39 is 84.6 Å². The summed E-state index contributed by atoms with van der Waals surface area (Å²) >= 11 is 0. The Morgan fingerprint density at radius 3 is 1.00 bits per heavy atom. The molecule has 0 N–H and O–H groups in total. The molecule has 4 nitrogen and oxygen atoms in total. The van der Waals surface area contributed by atoms with Gasteiger partial charge in [-0.05, 0) is 6.92 Å². The minimum atomic E-state index is -9.31. The molecule has 0 atom stereocenters. The molecule has 25 heteroatoms. The molecular weight excluding hydrogens is 643 g/mol. The van der Waals surface area contributed by atoms with Crippen LogP contribution >= 0.6 is 0 Å². The summed E-state index contributed by atoms with van der Waals surface area (Å²) in [5.41, 5.74) is 0. The van der Waals surface area contributed by atoms with Gasteiger partial charge in [-0.2, -0.15) is 92.2 Å². The molecule has 0 unspecified atom stereocenters. The average molecular weight is 650 g/mol. The van der Waals surface area contributed by atoms with Crippen molar-refractivity contribution in [1.29, 1.82) is 0 Å². The molecule has 0 spiro atoms. The van der Waals surface area contributed by atoms with Crippen LogP contribution in [-0.4, -0.2) is 78.2 Å². The zero-order valence-electron chi connectivity index (χ0n) is 18.0. The van der Waals surface area contributed by atoms with Gasteiger partial charge in [-0.25, -0.2) is 0 Å². The highest BCUT2D eigenvalue weighted by Gasteiger charge is 2.98. The summed E-state index contributed by atoms with van der Waals surface area (Å²) in [6.07, 6.45) is -17.9. The van der Waals surface area contributed by atoms with Crippen LogP contribution in [0.4, 0.5) is 92.2 Å². The third kappa shape index (κ3) is 5.15. The summed E-state index contributed by atoms with van der Waals surface area (Å²) in [6.45, 7) is 0.263. The lowest BCUT2D eigenvalue weighted by Crippen LogP contribution is -2.77. The fourth-order valence-electron chi connectivity index (χ4n) is 2.12. The van der Waals surface area contributed by atoms with Gasteiger partial charge in [-0.15, -0.1) is 0 Å². The number of hydrogen-bond donors (Lipinski definition) is 0. The van der Waals surface area contributed by atoms with Crippen molar-refractivity contribution in [2.45, 2.75) is 73.0 Å². The third-order valence-corrected chi connectivity index (χ3v) is 4.32. The van der Waals surface area contributed by atoms with Crippen LogP contribution in [0.25, 0.3) is 0 Å². The standard InChI is InChI=1S/C15H7F21O4/c1-2-39-4(37)3-5(38)40-15(35,36)13(30,31)11(26,27)9(22,23)7(18,19)6(16,17)8(20,21)10(24,25)12(28,29)14(32,33)34/h2-3H2,1H3. The molecule has 0 saturated heterocycles. The highest BCUT2D eigenvalue weighted by Crippen LogP contribution is 2.66. The Balaban J connectivity index is 6.84. The summed E-state index contributed by atoms with van der Waals surface area (Å²) in [5, 5.41) is 0. The van der Waals surface area contributed by atoms with E-state index in [2.05, 4.69) is 9.47 Å². The fraction of sp³-hybridized carbons (Fsp3) is 0.867. The van der Waals surface area contributed by atoms with Gasteiger partial charge in [0.25, 0.3) is 0 Å². The van der Waals surface area contributed by atoms with Gasteiger partial charge in [0.05, 0.1) is 6.61 Å². The molecule has 0 aromatic rings. The van der Waals surface area contributed by atoms with Crippen LogP contribution in [0.5, 0.6) is 0 Å². The lowest BCUT2D eigenvalue weighted by Gasteiger charge is -2.44. The van der Waals surface area contributed by atoms with E-state index in [1.165, 1.54) is 0 Å². The number of carbonyl (C=O) groups excluding carboxylic acids is 2. The van der Waals surface area contributed by atoms with Gasteiger partial charge in [0, 0.05) is 0 Å². The molecule has 0 bridgehead atoms. The molecule has 0 aliphatic heterocycles. The van der Waals surface area contributed by atoms with Crippen molar-refractivity contribution < 1.29 is 111 Å². The quantitative estimate of drug-likeness (QED) is 0.134. The maximum Gasteiger partial charge on any atom is 0.473 e. The number of carbonyl (C=O) groups is 2. The van der Waals surface area contributed by atoms with Gasteiger partial charge in [0.2, 0.25) is 0 Å². The first kappa shape index (κ1) is 37.5. The van der Waals surface area contributed by atoms with Gasteiger partial charge >= 0.3 is 71.6 Å². The SMILES string of the molecule is CCOC(=O)CC(=O)OC(F)(F)C(F)(F)C(F)(F)C(F)(F)C(F)(F)C(F)(F)C(F)(F)C(F)(F)C(F)(F)C(F)(F)F. The average Bonchev–Trinajstić information content (AvgIpc) is 2.71. The van der Waals surface area contributed by atoms with E-state index in [1.54, 1.807) is 0 Å². The van der Waals surface area contributed by atoms with E-state index in [1.807, 2.05) is 0 Å². The predicted molar refractivity (Wildman–Crippen MR) is 77.9 cm³/mol. The van der Waals surface area contributed by atoms with E-state index in [-0.39, 0.29) is 0 Å². The molecule has 0 rings (SSSR count).